The van der Waals surface area contributed by atoms with E-state index in [2.05, 4.69) is 4.90 Å². The Morgan fingerprint density at radius 1 is 1.26 bits per heavy atom. The maximum absolute atomic E-state index is 15.7. The van der Waals surface area contributed by atoms with Gasteiger partial charge < -0.3 is 14.4 Å². The highest BCUT2D eigenvalue weighted by Gasteiger charge is 2.40. The molecule has 27 heavy (non-hydrogen) atoms. The summed E-state index contributed by atoms with van der Waals surface area (Å²) in [4.78, 5) is 16.0. The Hall–Kier alpha value is -1.53. The van der Waals surface area contributed by atoms with Crippen molar-refractivity contribution < 1.29 is 18.7 Å². The Morgan fingerprint density at radius 3 is 2.52 bits per heavy atom. The van der Waals surface area contributed by atoms with Crippen molar-refractivity contribution in [3.8, 4) is 5.75 Å². The van der Waals surface area contributed by atoms with Crippen LogP contribution in [0, 0.1) is 0 Å². The summed E-state index contributed by atoms with van der Waals surface area (Å²) < 4.78 is 26.1. The van der Waals surface area contributed by atoms with Gasteiger partial charge in [-0.2, -0.15) is 0 Å². The van der Waals surface area contributed by atoms with E-state index in [-0.39, 0.29) is 6.09 Å². The quantitative estimate of drug-likeness (QED) is 0.761. The van der Waals surface area contributed by atoms with Crippen LogP contribution in [0.2, 0.25) is 5.02 Å². The number of hydrogen-bond acceptors (Lipinski definition) is 4. The highest BCUT2D eigenvalue weighted by molar-refractivity contribution is 6.30. The van der Waals surface area contributed by atoms with Gasteiger partial charge in [-0.15, -0.1) is 0 Å². The molecule has 0 spiro atoms. The van der Waals surface area contributed by atoms with Gasteiger partial charge in [0.15, 0.2) is 0 Å². The molecular weight excluding hydrogens is 371 g/mol. The van der Waals surface area contributed by atoms with Gasteiger partial charge in [-0.05, 0) is 50.8 Å². The summed E-state index contributed by atoms with van der Waals surface area (Å²) in [6.45, 7) is 4.99. The number of rotatable bonds is 4. The fraction of sp³-hybridized carbons (Fsp3) is 0.650. The summed E-state index contributed by atoms with van der Waals surface area (Å²) in [6.07, 6.45) is 2.41. The third-order valence-corrected chi connectivity index (χ3v) is 5.98. The zero-order chi connectivity index (χ0) is 19.4. The van der Waals surface area contributed by atoms with E-state index < -0.39 is 5.67 Å². The molecule has 2 fully saturated rings. The normalized spacial score (nSPS) is 21.1. The monoisotopic (exact) mass is 398 g/mol. The number of amides is 1. The van der Waals surface area contributed by atoms with Crippen LogP contribution in [0.25, 0.3) is 0 Å². The lowest BCUT2D eigenvalue weighted by molar-refractivity contribution is 0.0159. The Bertz CT molecular complexity index is 657. The highest BCUT2D eigenvalue weighted by Crippen LogP contribution is 2.43. The van der Waals surface area contributed by atoms with Crippen LogP contribution >= 0.6 is 11.6 Å². The van der Waals surface area contributed by atoms with Crippen LogP contribution in [0.1, 0.15) is 38.2 Å². The SMILES string of the molecule is CCOC(=O)N1CCC(N2CCC(F)(c3cc(Cl)ccc3OC)CC2)CC1. The average Bonchev–Trinajstić information content (AvgIpc) is 2.69. The molecule has 2 saturated heterocycles. The van der Waals surface area contributed by atoms with E-state index in [1.54, 1.807) is 30.2 Å². The minimum absolute atomic E-state index is 0.231. The molecule has 3 rings (SSSR count). The number of piperidine rings is 2. The van der Waals surface area contributed by atoms with Gasteiger partial charge in [0, 0.05) is 42.8 Å². The van der Waals surface area contributed by atoms with Crippen molar-refractivity contribution in [2.75, 3.05) is 39.9 Å². The molecule has 0 aromatic heterocycles. The van der Waals surface area contributed by atoms with E-state index >= 15 is 4.39 Å². The van der Waals surface area contributed by atoms with Gasteiger partial charge in [-0.3, -0.25) is 4.90 Å². The first-order chi connectivity index (χ1) is 13.0. The van der Waals surface area contributed by atoms with Gasteiger partial charge in [-0.25, -0.2) is 9.18 Å². The fourth-order valence-electron chi connectivity index (χ4n) is 4.17. The smallest absolute Gasteiger partial charge is 0.409 e. The number of nitrogens with zero attached hydrogens (tertiary/aromatic N) is 2. The maximum Gasteiger partial charge on any atom is 0.409 e. The summed E-state index contributed by atoms with van der Waals surface area (Å²) in [5, 5.41) is 0.525. The second kappa shape index (κ2) is 8.65. The molecule has 0 bridgehead atoms. The van der Waals surface area contributed by atoms with Crippen LogP contribution in [0.4, 0.5) is 9.18 Å². The van der Waals surface area contributed by atoms with Gasteiger partial charge >= 0.3 is 6.09 Å². The number of hydrogen-bond donors (Lipinski definition) is 0. The lowest BCUT2D eigenvalue weighted by Gasteiger charge is -2.43. The van der Waals surface area contributed by atoms with Crippen molar-refractivity contribution in [2.24, 2.45) is 0 Å². The molecule has 7 heteroatoms. The number of ether oxygens (including phenoxy) is 2. The van der Waals surface area contributed by atoms with Crippen molar-refractivity contribution >= 4 is 17.7 Å². The molecule has 1 aromatic carbocycles. The molecule has 2 aliphatic rings. The first kappa shape index (κ1) is 20.2. The highest BCUT2D eigenvalue weighted by atomic mass is 35.5. The van der Waals surface area contributed by atoms with Gasteiger partial charge in [0.25, 0.3) is 0 Å². The third-order valence-electron chi connectivity index (χ3n) is 5.74. The predicted octanol–water partition coefficient (Wildman–Crippen LogP) is 4.23. The number of likely N-dealkylation sites (tertiary alicyclic amines) is 2. The van der Waals surface area contributed by atoms with Crippen LogP contribution in [-0.4, -0.2) is 61.8 Å². The minimum Gasteiger partial charge on any atom is -0.496 e. The van der Waals surface area contributed by atoms with Crippen LogP contribution in [0.5, 0.6) is 5.75 Å². The van der Waals surface area contributed by atoms with Crippen molar-refractivity contribution in [2.45, 2.75) is 44.3 Å². The molecule has 0 radical (unpaired) electrons. The lowest BCUT2D eigenvalue weighted by Crippen LogP contribution is -2.50. The van der Waals surface area contributed by atoms with Crippen LogP contribution in [0.15, 0.2) is 18.2 Å². The van der Waals surface area contributed by atoms with Crippen molar-refractivity contribution in [1.82, 2.24) is 9.80 Å². The van der Waals surface area contributed by atoms with E-state index in [0.29, 0.717) is 68.0 Å². The Kier molecular flexibility index (Phi) is 6.48. The Labute approximate surface area is 165 Å². The first-order valence-electron chi connectivity index (χ1n) is 9.65. The number of benzene rings is 1. The van der Waals surface area contributed by atoms with Crippen LogP contribution < -0.4 is 4.74 Å². The van der Waals surface area contributed by atoms with Crippen molar-refractivity contribution in [1.29, 1.82) is 0 Å². The Morgan fingerprint density at radius 2 is 1.93 bits per heavy atom. The van der Waals surface area contributed by atoms with Crippen LogP contribution in [0.3, 0.4) is 0 Å². The molecule has 0 saturated carbocycles. The molecular formula is C20H28ClFN2O3. The molecule has 0 aliphatic carbocycles. The van der Waals surface area contributed by atoms with Crippen LogP contribution in [-0.2, 0) is 10.4 Å². The lowest BCUT2D eigenvalue weighted by atomic mass is 9.84. The van der Waals surface area contributed by atoms with Gasteiger partial charge in [0.1, 0.15) is 11.4 Å². The molecule has 1 amide bonds. The fourth-order valence-corrected chi connectivity index (χ4v) is 4.34. The summed E-state index contributed by atoms with van der Waals surface area (Å²) >= 11 is 6.09. The van der Waals surface area contributed by atoms with E-state index in [1.807, 2.05) is 6.92 Å². The predicted molar refractivity (Wildman–Crippen MR) is 103 cm³/mol. The molecule has 2 heterocycles. The van der Waals surface area contributed by atoms with E-state index in [1.165, 1.54) is 0 Å². The number of carbonyl (C=O) groups is 1. The number of halogens is 2. The summed E-state index contributed by atoms with van der Waals surface area (Å²) in [7, 11) is 1.56. The number of alkyl halides is 1. The number of carbonyl (C=O) groups excluding carboxylic acids is 1. The van der Waals surface area contributed by atoms with Gasteiger partial charge in [0.05, 0.1) is 13.7 Å². The second-order valence-electron chi connectivity index (χ2n) is 7.26. The Balaban J connectivity index is 1.58. The first-order valence-corrected chi connectivity index (χ1v) is 10.0. The summed E-state index contributed by atoms with van der Waals surface area (Å²) in [5.74, 6) is 0.554. The standard InChI is InChI=1S/C20H28ClFN2O3/c1-3-27-19(25)24-10-6-16(7-11-24)23-12-8-20(22,9-13-23)17-14-15(21)4-5-18(17)26-2/h4-5,14,16H,3,6-13H2,1-2H3. The topological polar surface area (TPSA) is 42.0 Å². The van der Waals surface area contributed by atoms with E-state index in [9.17, 15) is 4.79 Å². The maximum atomic E-state index is 15.7. The molecule has 2 aliphatic heterocycles. The molecule has 0 atom stereocenters. The zero-order valence-corrected chi connectivity index (χ0v) is 16.8. The zero-order valence-electron chi connectivity index (χ0n) is 16.0. The molecule has 5 nitrogen and oxygen atoms in total. The van der Waals surface area contributed by atoms with E-state index in [4.69, 9.17) is 21.1 Å². The minimum atomic E-state index is -1.42. The number of methoxy groups -OCH3 is 1. The van der Waals surface area contributed by atoms with E-state index in [0.717, 1.165) is 12.8 Å². The summed E-state index contributed by atoms with van der Waals surface area (Å²) in [5.41, 5.74) is -0.868. The van der Waals surface area contributed by atoms with Crippen molar-refractivity contribution in [3.05, 3.63) is 28.8 Å². The van der Waals surface area contributed by atoms with Gasteiger partial charge in [0.2, 0.25) is 0 Å². The second-order valence-corrected chi connectivity index (χ2v) is 7.70. The average molecular weight is 399 g/mol. The molecule has 1 aromatic rings. The largest absolute Gasteiger partial charge is 0.496 e. The summed E-state index contributed by atoms with van der Waals surface area (Å²) in [6, 6.07) is 5.53. The van der Waals surface area contributed by atoms with Crippen molar-refractivity contribution in [3.63, 3.8) is 0 Å². The molecule has 150 valence electrons. The van der Waals surface area contributed by atoms with Gasteiger partial charge in [-0.1, -0.05) is 11.6 Å². The molecule has 0 unspecified atom stereocenters. The third kappa shape index (κ3) is 4.49. The molecule has 0 N–H and O–H groups in total.